The molecule has 0 aliphatic carbocycles. The molecular weight excluding hydrogens is 192 g/mol. The minimum absolute atomic E-state index is 0.0360. The number of rotatable bonds is 3. The zero-order chi connectivity index (χ0) is 11.0. The van der Waals surface area contributed by atoms with Crippen molar-refractivity contribution in [3.05, 3.63) is 0 Å². The molecule has 86 valence electrons. The number of ether oxygens (including phenoxy) is 1. The van der Waals surface area contributed by atoms with Crippen molar-refractivity contribution in [2.75, 3.05) is 0 Å². The van der Waals surface area contributed by atoms with E-state index in [9.17, 15) is 4.79 Å². The van der Waals surface area contributed by atoms with Crippen molar-refractivity contribution < 1.29 is 9.53 Å². The first-order chi connectivity index (χ1) is 7.08. The van der Waals surface area contributed by atoms with Gasteiger partial charge in [-0.05, 0) is 25.2 Å². The van der Waals surface area contributed by atoms with E-state index in [0.29, 0.717) is 6.10 Å². The monoisotopic (exact) mass is 212 g/mol. The van der Waals surface area contributed by atoms with Gasteiger partial charge in [0.2, 0.25) is 5.91 Å². The molecule has 4 nitrogen and oxygen atoms in total. The van der Waals surface area contributed by atoms with Gasteiger partial charge >= 0.3 is 0 Å². The highest BCUT2D eigenvalue weighted by Crippen LogP contribution is 2.34. The van der Waals surface area contributed by atoms with Crippen LogP contribution in [-0.4, -0.2) is 30.2 Å². The number of carbonyl (C=O) groups is 1. The number of carbonyl (C=O) groups excluding carboxylic acids is 1. The van der Waals surface area contributed by atoms with Crippen LogP contribution in [-0.2, 0) is 9.53 Å². The molecule has 0 aromatic rings. The average molecular weight is 212 g/mol. The molecule has 0 aromatic carbocycles. The second-order valence-electron chi connectivity index (χ2n) is 4.99. The summed E-state index contributed by atoms with van der Waals surface area (Å²) in [6.45, 7) is 3.92. The fraction of sp³-hybridized carbons (Fsp3) is 0.909. The summed E-state index contributed by atoms with van der Waals surface area (Å²) in [4.78, 5) is 11.7. The lowest BCUT2D eigenvalue weighted by Gasteiger charge is -2.23. The van der Waals surface area contributed by atoms with Crippen LogP contribution < -0.4 is 11.1 Å². The molecule has 2 rings (SSSR count). The Hall–Kier alpha value is -0.610. The molecule has 15 heavy (non-hydrogen) atoms. The lowest BCUT2D eigenvalue weighted by molar-refractivity contribution is -0.124. The second-order valence-corrected chi connectivity index (χ2v) is 4.99. The summed E-state index contributed by atoms with van der Waals surface area (Å²) in [6, 6.07) is -0.204. The third-order valence-corrected chi connectivity index (χ3v) is 3.45. The standard InChI is InChI=1S/C11H20N2O2/c1-6(2)10(12)11(14)13-8-5-7-3-4-9(8)15-7/h6-10H,3-5,12H2,1-2H3,(H,13,14)/t7?,8?,9?,10-/m0/s1. The minimum Gasteiger partial charge on any atom is -0.373 e. The van der Waals surface area contributed by atoms with Gasteiger partial charge in [-0.15, -0.1) is 0 Å². The Morgan fingerprint density at radius 1 is 1.47 bits per heavy atom. The Morgan fingerprint density at radius 3 is 2.67 bits per heavy atom. The van der Waals surface area contributed by atoms with Crippen molar-refractivity contribution in [2.45, 2.75) is 57.4 Å². The quantitative estimate of drug-likeness (QED) is 0.712. The van der Waals surface area contributed by atoms with Crippen molar-refractivity contribution in [3.63, 3.8) is 0 Å². The van der Waals surface area contributed by atoms with Crippen LogP contribution in [0.2, 0.25) is 0 Å². The Balaban J connectivity index is 1.85. The largest absolute Gasteiger partial charge is 0.373 e. The van der Waals surface area contributed by atoms with Gasteiger partial charge in [0.25, 0.3) is 0 Å². The molecule has 4 atom stereocenters. The van der Waals surface area contributed by atoms with E-state index >= 15 is 0 Å². The van der Waals surface area contributed by atoms with Crippen molar-refractivity contribution in [1.82, 2.24) is 5.32 Å². The highest BCUT2D eigenvalue weighted by atomic mass is 16.5. The summed E-state index contributed by atoms with van der Waals surface area (Å²) >= 11 is 0. The third kappa shape index (κ3) is 2.16. The first-order valence-corrected chi connectivity index (χ1v) is 5.79. The number of nitrogens with one attached hydrogen (secondary N) is 1. The van der Waals surface area contributed by atoms with Crippen LogP contribution in [0.5, 0.6) is 0 Å². The van der Waals surface area contributed by atoms with Crippen LogP contribution in [0.15, 0.2) is 0 Å². The highest BCUT2D eigenvalue weighted by Gasteiger charge is 2.41. The number of hydrogen-bond acceptors (Lipinski definition) is 3. The van der Waals surface area contributed by atoms with Crippen LogP contribution in [0.3, 0.4) is 0 Å². The molecule has 4 heteroatoms. The molecule has 0 aromatic heterocycles. The molecule has 0 spiro atoms. The molecule has 3 N–H and O–H groups in total. The first-order valence-electron chi connectivity index (χ1n) is 5.79. The van der Waals surface area contributed by atoms with Gasteiger partial charge in [0.15, 0.2) is 0 Å². The summed E-state index contributed by atoms with van der Waals surface area (Å²) in [6.07, 6.45) is 3.79. The van der Waals surface area contributed by atoms with Crippen molar-refractivity contribution in [1.29, 1.82) is 0 Å². The molecule has 3 unspecified atom stereocenters. The lowest BCUT2D eigenvalue weighted by atomic mass is 9.94. The van der Waals surface area contributed by atoms with Crippen molar-refractivity contribution >= 4 is 5.91 Å². The molecule has 2 fully saturated rings. The number of fused-ring (bicyclic) bond motifs is 2. The molecule has 1 amide bonds. The Labute approximate surface area is 90.5 Å². The third-order valence-electron chi connectivity index (χ3n) is 3.45. The summed E-state index contributed by atoms with van der Waals surface area (Å²) in [5.41, 5.74) is 5.78. The normalized spacial score (nSPS) is 35.9. The number of hydrogen-bond donors (Lipinski definition) is 2. The first kappa shape index (κ1) is 10.9. The van der Waals surface area contributed by atoms with Crippen LogP contribution in [0.4, 0.5) is 0 Å². The average Bonchev–Trinajstić information content (AvgIpc) is 2.77. The smallest absolute Gasteiger partial charge is 0.237 e. The van der Waals surface area contributed by atoms with Gasteiger partial charge in [-0.1, -0.05) is 13.8 Å². The van der Waals surface area contributed by atoms with Gasteiger partial charge < -0.3 is 15.8 Å². The molecule has 0 saturated carbocycles. The van der Waals surface area contributed by atoms with Crippen LogP contribution in [0.25, 0.3) is 0 Å². The van der Waals surface area contributed by atoms with Gasteiger partial charge in [0.05, 0.1) is 24.3 Å². The fourth-order valence-electron chi connectivity index (χ4n) is 2.37. The highest BCUT2D eigenvalue weighted by molar-refractivity contribution is 5.82. The SMILES string of the molecule is CC(C)[C@H](N)C(=O)NC1CC2CCC1O2. The molecule has 2 aliphatic rings. The van der Waals surface area contributed by atoms with Crippen molar-refractivity contribution in [2.24, 2.45) is 11.7 Å². The number of amides is 1. The molecule has 2 heterocycles. The van der Waals surface area contributed by atoms with E-state index < -0.39 is 6.04 Å². The maximum absolute atomic E-state index is 11.7. The molecule has 2 bridgehead atoms. The predicted octanol–water partition coefficient (Wildman–Crippen LogP) is 0.406. The zero-order valence-corrected chi connectivity index (χ0v) is 9.40. The van der Waals surface area contributed by atoms with Crippen LogP contribution in [0, 0.1) is 5.92 Å². The van der Waals surface area contributed by atoms with E-state index in [-0.39, 0.29) is 24.0 Å². The van der Waals surface area contributed by atoms with E-state index in [1.54, 1.807) is 0 Å². The zero-order valence-electron chi connectivity index (χ0n) is 9.40. The Bertz CT molecular complexity index is 255. The summed E-state index contributed by atoms with van der Waals surface area (Å²) in [5, 5.41) is 3.00. The van der Waals surface area contributed by atoms with Gasteiger partial charge in [-0.25, -0.2) is 0 Å². The topological polar surface area (TPSA) is 64.4 Å². The van der Waals surface area contributed by atoms with Gasteiger partial charge in [-0.2, -0.15) is 0 Å². The van der Waals surface area contributed by atoms with E-state index in [1.807, 2.05) is 13.8 Å². The van der Waals surface area contributed by atoms with Crippen LogP contribution in [0.1, 0.15) is 33.1 Å². The lowest BCUT2D eigenvalue weighted by Crippen LogP contribution is -2.50. The fourth-order valence-corrected chi connectivity index (χ4v) is 2.37. The predicted molar refractivity (Wildman–Crippen MR) is 57.3 cm³/mol. The van der Waals surface area contributed by atoms with Crippen molar-refractivity contribution in [3.8, 4) is 0 Å². The summed E-state index contributed by atoms with van der Waals surface area (Å²) in [5.74, 6) is 0.149. The minimum atomic E-state index is -0.399. The van der Waals surface area contributed by atoms with Gasteiger partial charge in [-0.3, -0.25) is 4.79 Å². The second kappa shape index (κ2) is 4.10. The molecule has 0 radical (unpaired) electrons. The molecule has 2 saturated heterocycles. The van der Waals surface area contributed by atoms with Gasteiger partial charge in [0.1, 0.15) is 0 Å². The summed E-state index contributed by atoms with van der Waals surface area (Å²) in [7, 11) is 0. The maximum atomic E-state index is 11.7. The Kier molecular flexibility index (Phi) is 2.98. The van der Waals surface area contributed by atoms with E-state index in [2.05, 4.69) is 5.32 Å². The number of nitrogens with two attached hydrogens (primary N) is 1. The van der Waals surface area contributed by atoms with E-state index in [0.717, 1.165) is 19.3 Å². The molecule has 2 aliphatic heterocycles. The van der Waals surface area contributed by atoms with Gasteiger partial charge in [0, 0.05) is 0 Å². The molecular formula is C11H20N2O2. The Morgan fingerprint density at radius 2 is 2.20 bits per heavy atom. The van der Waals surface area contributed by atoms with E-state index in [1.165, 1.54) is 0 Å². The van der Waals surface area contributed by atoms with Crippen LogP contribution >= 0.6 is 0 Å². The maximum Gasteiger partial charge on any atom is 0.237 e. The van der Waals surface area contributed by atoms with E-state index in [4.69, 9.17) is 10.5 Å². The summed E-state index contributed by atoms with van der Waals surface area (Å²) < 4.78 is 5.67.